The number of benzene rings is 2. The van der Waals surface area contributed by atoms with E-state index >= 15 is 0 Å². The van der Waals surface area contributed by atoms with E-state index in [-0.39, 0.29) is 24.9 Å². The summed E-state index contributed by atoms with van der Waals surface area (Å²) in [5.74, 6) is 0.134. The molecule has 0 aliphatic carbocycles. The van der Waals surface area contributed by atoms with Gasteiger partial charge in [0, 0.05) is 13.0 Å². The number of hydrogen-bond donors (Lipinski definition) is 1. The van der Waals surface area contributed by atoms with Crippen LogP contribution in [0.25, 0.3) is 0 Å². The molecule has 7 heteroatoms. The molecule has 26 heavy (non-hydrogen) atoms. The summed E-state index contributed by atoms with van der Waals surface area (Å²) in [6.07, 6.45) is 0.672. The van der Waals surface area contributed by atoms with Gasteiger partial charge in [0.25, 0.3) is 5.91 Å². The van der Waals surface area contributed by atoms with Crippen LogP contribution in [0.15, 0.2) is 54.6 Å². The number of nitrogens with zero attached hydrogens (tertiary/aromatic N) is 1. The van der Waals surface area contributed by atoms with Gasteiger partial charge < -0.3 is 10.1 Å². The van der Waals surface area contributed by atoms with Crippen LogP contribution in [0.3, 0.4) is 0 Å². The number of amides is 1. The first-order valence-corrected chi connectivity index (χ1v) is 10.3. The third kappa shape index (κ3) is 3.99. The summed E-state index contributed by atoms with van der Waals surface area (Å²) in [5.41, 5.74) is 1.45. The van der Waals surface area contributed by atoms with E-state index in [1.54, 1.807) is 24.3 Å². The lowest BCUT2D eigenvalue weighted by molar-refractivity contribution is -0.128. The summed E-state index contributed by atoms with van der Waals surface area (Å²) in [6.45, 7) is 2.09. The number of nitrogens with one attached hydrogen (secondary N) is 1. The summed E-state index contributed by atoms with van der Waals surface area (Å²) < 4.78 is 31.4. The highest BCUT2D eigenvalue weighted by Crippen LogP contribution is 2.33. The number of anilines is 1. The molecule has 0 aromatic heterocycles. The molecule has 1 aliphatic heterocycles. The fourth-order valence-corrected chi connectivity index (χ4v) is 3.94. The summed E-state index contributed by atoms with van der Waals surface area (Å²) >= 11 is 0. The Bertz CT molecular complexity index is 883. The summed E-state index contributed by atoms with van der Waals surface area (Å²) in [7, 11) is -3.46. The van der Waals surface area contributed by atoms with E-state index in [1.807, 2.05) is 37.3 Å². The number of carbonyl (C=O) groups excluding carboxylic acids is 1. The Morgan fingerprint density at radius 3 is 2.50 bits per heavy atom. The highest BCUT2D eigenvalue weighted by Gasteiger charge is 2.31. The Kier molecular flexibility index (Phi) is 5.18. The average Bonchev–Trinajstić information content (AvgIpc) is 2.82. The zero-order valence-electron chi connectivity index (χ0n) is 14.8. The molecule has 138 valence electrons. The van der Waals surface area contributed by atoms with Gasteiger partial charge >= 0.3 is 0 Å². The molecule has 2 atom stereocenters. The van der Waals surface area contributed by atoms with Crippen molar-refractivity contribution < 1.29 is 17.9 Å². The van der Waals surface area contributed by atoms with E-state index < -0.39 is 16.1 Å². The third-order valence-corrected chi connectivity index (χ3v) is 5.53. The smallest absolute Gasteiger partial charge is 0.261 e. The largest absolute Gasteiger partial charge is 0.478 e. The number of para-hydroxylation sites is 2. The molecule has 1 N–H and O–H groups in total. The summed E-state index contributed by atoms with van der Waals surface area (Å²) in [4.78, 5) is 12.7. The molecule has 0 unspecified atom stereocenters. The first kappa shape index (κ1) is 18.3. The van der Waals surface area contributed by atoms with Crippen molar-refractivity contribution in [3.05, 3.63) is 60.2 Å². The van der Waals surface area contributed by atoms with Crippen molar-refractivity contribution in [1.82, 2.24) is 5.32 Å². The minimum absolute atomic E-state index is 0.170. The van der Waals surface area contributed by atoms with Crippen molar-refractivity contribution in [1.29, 1.82) is 0 Å². The molecule has 0 spiro atoms. The lowest BCUT2D eigenvalue weighted by Crippen LogP contribution is -2.40. The first-order valence-electron chi connectivity index (χ1n) is 8.45. The maximum absolute atomic E-state index is 12.7. The van der Waals surface area contributed by atoms with Crippen LogP contribution in [-0.4, -0.2) is 33.2 Å². The van der Waals surface area contributed by atoms with Crippen molar-refractivity contribution >= 4 is 21.6 Å². The maximum Gasteiger partial charge on any atom is 0.261 e. The molecule has 0 saturated carbocycles. The quantitative estimate of drug-likeness (QED) is 0.892. The molecule has 1 heterocycles. The minimum atomic E-state index is -3.46. The van der Waals surface area contributed by atoms with Gasteiger partial charge in [0.05, 0.1) is 18.0 Å². The molecule has 1 amide bonds. The molecular weight excluding hydrogens is 352 g/mol. The maximum atomic E-state index is 12.7. The van der Waals surface area contributed by atoms with Crippen LogP contribution >= 0.6 is 0 Å². The first-order chi connectivity index (χ1) is 12.4. The standard InChI is InChI=1S/C19H22N2O4S/c1-14(15-8-4-3-5-9-15)20-19(22)18-12-13-21(26(2,23)24)16-10-6-7-11-17(16)25-18/h3-11,14,18H,12-13H2,1-2H3,(H,20,22)/t14-,18+/m1/s1. The molecule has 0 radical (unpaired) electrons. The molecule has 6 nitrogen and oxygen atoms in total. The van der Waals surface area contributed by atoms with Crippen LogP contribution in [0.2, 0.25) is 0 Å². The zero-order chi connectivity index (χ0) is 18.7. The highest BCUT2D eigenvalue weighted by atomic mass is 32.2. The van der Waals surface area contributed by atoms with E-state index in [2.05, 4.69) is 5.32 Å². The molecule has 0 saturated heterocycles. The van der Waals surface area contributed by atoms with Crippen molar-refractivity contribution in [2.75, 3.05) is 17.1 Å². The number of rotatable bonds is 4. The normalized spacial score (nSPS) is 18.2. The zero-order valence-corrected chi connectivity index (χ0v) is 15.6. The molecule has 2 aromatic carbocycles. The second kappa shape index (κ2) is 7.37. The Balaban J connectivity index is 1.79. The molecule has 2 aromatic rings. The van der Waals surface area contributed by atoms with E-state index in [4.69, 9.17) is 4.74 Å². The Labute approximate surface area is 153 Å². The van der Waals surface area contributed by atoms with Gasteiger partial charge in [0.1, 0.15) is 5.75 Å². The van der Waals surface area contributed by atoms with Crippen LogP contribution < -0.4 is 14.4 Å². The van der Waals surface area contributed by atoms with Gasteiger partial charge in [-0.1, -0.05) is 42.5 Å². The van der Waals surface area contributed by atoms with Crippen LogP contribution in [-0.2, 0) is 14.8 Å². The van der Waals surface area contributed by atoms with E-state index in [1.165, 1.54) is 4.31 Å². The van der Waals surface area contributed by atoms with Crippen LogP contribution in [0.1, 0.15) is 24.9 Å². The SMILES string of the molecule is C[C@@H](NC(=O)[C@@H]1CCN(S(C)(=O)=O)c2ccccc2O1)c1ccccc1. The molecule has 3 rings (SSSR count). The van der Waals surface area contributed by atoms with E-state index in [0.717, 1.165) is 11.8 Å². The van der Waals surface area contributed by atoms with E-state index in [9.17, 15) is 13.2 Å². The van der Waals surface area contributed by atoms with Crippen molar-refractivity contribution in [2.45, 2.75) is 25.5 Å². The van der Waals surface area contributed by atoms with Gasteiger partial charge in [-0.25, -0.2) is 8.42 Å². The Hall–Kier alpha value is -2.54. The van der Waals surface area contributed by atoms with Crippen LogP contribution in [0, 0.1) is 0 Å². The number of ether oxygens (including phenoxy) is 1. The Morgan fingerprint density at radius 2 is 1.81 bits per heavy atom. The van der Waals surface area contributed by atoms with Gasteiger partial charge in [-0.15, -0.1) is 0 Å². The van der Waals surface area contributed by atoms with E-state index in [0.29, 0.717) is 11.4 Å². The van der Waals surface area contributed by atoms with Crippen LogP contribution in [0.4, 0.5) is 5.69 Å². The van der Waals surface area contributed by atoms with Crippen molar-refractivity contribution in [2.24, 2.45) is 0 Å². The summed E-state index contributed by atoms with van der Waals surface area (Å²) in [6, 6.07) is 16.3. The number of fused-ring (bicyclic) bond motifs is 1. The van der Waals surface area contributed by atoms with Gasteiger partial charge in [-0.3, -0.25) is 9.10 Å². The lowest BCUT2D eigenvalue weighted by atomic mass is 10.1. The van der Waals surface area contributed by atoms with Crippen LogP contribution in [0.5, 0.6) is 5.75 Å². The van der Waals surface area contributed by atoms with Gasteiger partial charge in [0.2, 0.25) is 10.0 Å². The fraction of sp³-hybridized carbons (Fsp3) is 0.316. The highest BCUT2D eigenvalue weighted by molar-refractivity contribution is 7.92. The van der Waals surface area contributed by atoms with Gasteiger partial charge in [0.15, 0.2) is 6.10 Å². The predicted octanol–water partition coefficient (Wildman–Crippen LogP) is 2.48. The second-order valence-electron chi connectivity index (χ2n) is 6.34. The number of sulfonamides is 1. The summed E-state index contributed by atoms with van der Waals surface area (Å²) in [5, 5.41) is 2.95. The average molecular weight is 374 g/mol. The topological polar surface area (TPSA) is 75.7 Å². The Morgan fingerprint density at radius 1 is 1.15 bits per heavy atom. The van der Waals surface area contributed by atoms with Gasteiger partial charge in [-0.2, -0.15) is 0 Å². The monoisotopic (exact) mass is 374 g/mol. The fourth-order valence-electron chi connectivity index (χ4n) is 2.99. The lowest BCUT2D eigenvalue weighted by Gasteiger charge is -2.20. The molecule has 1 aliphatic rings. The predicted molar refractivity (Wildman–Crippen MR) is 101 cm³/mol. The number of carbonyl (C=O) groups is 1. The third-order valence-electron chi connectivity index (χ3n) is 4.35. The molecular formula is C19H22N2O4S. The van der Waals surface area contributed by atoms with Crippen molar-refractivity contribution in [3.8, 4) is 5.75 Å². The minimum Gasteiger partial charge on any atom is -0.478 e. The van der Waals surface area contributed by atoms with Gasteiger partial charge in [-0.05, 0) is 24.6 Å². The van der Waals surface area contributed by atoms with Crippen molar-refractivity contribution in [3.63, 3.8) is 0 Å². The second-order valence-corrected chi connectivity index (χ2v) is 8.25. The molecule has 0 bridgehead atoms. The number of hydrogen-bond acceptors (Lipinski definition) is 4. The molecule has 0 fully saturated rings.